The van der Waals surface area contributed by atoms with Gasteiger partial charge in [-0.1, -0.05) is 29.3 Å². The molecular formula is C23H24Cl2N2O3. The van der Waals surface area contributed by atoms with Gasteiger partial charge in [0.2, 0.25) is 5.91 Å². The molecule has 0 unspecified atom stereocenters. The molecular weight excluding hydrogens is 423 g/mol. The van der Waals surface area contributed by atoms with Gasteiger partial charge in [-0.2, -0.15) is 0 Å². The Bertz CT molecular complexity index is 955. The minimum Gasteiger partial charge on any atom is -0.493 e. The minimum absolute atomic E-state index is 0.104. The Balaban J connectivity index is 1.23. The average Bonchev–Trinajstić information content (AvgIpc) is 2.76. The fourth-order valence-corrected chi connectivity index (χ4v) is 4.27. The van der Waals surface area contributed by atoms with Gasteiger partial charge >= 0.3 is 0 Å². The summed E-state index contributed by atoms with van der Waals surface area (Å²) in [4.78, 5) is 28.2. The van der Waals surface area contributed by atoms with Crippen LogP contribution in [0.15, 0.2) is 36.4 Å². The van der Waals surface area contributed by atoms with Crippen LogP contribution in [-0.4, -0.2) is 49.4 Å². The maximum Gasteiger partial charge on any atom is 0.226 e. The number of aryl methyl sites for hydroxylation is 1. The quantitative estimate of drug-likeness (QED) is 0.691. The summed E-state index contributed by atoms with van der Waals surface area (Å²) in [6, 6.07) is 11.5. The number of ketones is 1. The number of hydrogen-bond acceptors (Lipinski definition) is 4. The van der Waals surface area contributed by atoms with Gasteiger partial charge in [0.05, 0.1) is 23.1 Å². The lowest BCUT2D eigenvalue weighted by molar-refractivity contribution is -0.132. The van der Waals surface area contributed by atoms with Crippen LogP contribution in [0.25, 0.3) is 0 Å². The highest BCUT2D eigenvalue weighted by Gasteiger charge is 2.22. The van der Waals surface area contributed by atoms with E-state index in [1.807, 2.05) is 35.2 Å². The van der Waals surface area contributed by atoms with E-state index in [-0.39, 0.29) is 5.91 Å². The Hall–Kier alpha value is -2.24. The van der Waals surface area contributed by atoms with Crippen molar-refractivity contribution in [2.24, 2.45) is 0 Å². The molecule has 0 aromatic heterocycles. The van der Waals surface area contributed by atoms with Crippen LogP contribution < -0.4 is 9.64 Å². The Morgan fingerprint density at radius 1 is 0.933 bits per heavy atom. The third-order valence-electron chi connectivity index (χ3n) is 5.72. The second-order valence-corrected chi connectivity index (χ2v) is 8.53. The maximum absolute atomic E-state index is 12.6. The summed E-state index contributed by atoms with van der Waals surface area (Å²) in [5.74, 6) is 1.16. The van der Waals surface area contributed by atoms with E-state index in [0.29, 0.717) is 54.8 Å². The van der Waals surface area contributed by atoms with Crippen molar-refractivity contribution in [2.45, 2.75) is 25.7 Å². The molecule has 2 aromatic carbocycles. The number of anilines is 1. The van der Waals surface area contributed by atoms with E-state index < -0.39 is 0 Å². The normalized spacial score (nSPS) is 16.4. The third kappa shape index (κ3) is 4.90. The minimum atomic E-state index is 0.104. The summed E-state index contributed by atoms with van der Waals surface area (Å²) in [6.07, 6.45) is 2.24. The van der Waals surface area contributed by atoms with Crippen molar-refractivity contribution in [2.75, 3.05) is 37.7 Å². The van der Waals surface area contributed by atoms with E-state index >= 15 is 0 Å². The topological polar surface area (TPSA) is 49.9 Å². The number of rotatable bonds is 5. The summed E-state index contributed by atoms with van der Waals surface area (Å²) in [5.41, 5.74) is 3.29. The first-order valence-electron chi connectivity index (χ1n) is 10.2. The van der Waals surface area contributed by atoms with Crippen LogP contribution in [0, 0.1) is 0 Å². The maximum atomic E-state index is 12.6. The molecule has 1 aliphatic heterocycles. The number of ether oxygens (including phenoxy) is 1. The van der Waals surface area contributed by atoms with Gasteiger partial charge < -0.3 is 14.5 Å². The van der Waals surface area contributed by atoms with Gasteiger partial charge in [-0.05, 0) is 47.9 Å². The lowest BCUT2D eigenvalue weighted by Gasteiger charge is -2.36. The highest BCUT2D eigenvalue weighted by Crippen LogP contribution is 2.28. The number of halogens is 2. The van der Waals surface area contributed by atoms with E-state index in [1.54, 1.807) is 6.07 Å². The first-order valence-corrected chi connectivity index (χ1v) is 11.0. The predicted molar refractivity (Wildman–Crippen MR) is 119 cm³/mol. The summed E-state index contributed by atoms with van der Waals surface area (Å²) < 4.78 is 5.81. The molecule has 1 heterocycles. The Morgan fingerprint density at radius 2 is 1.73 bits per heavy atom. The zero-order valence-corrected chi connectivity index (χ0v) is 18.2. The monoisotopic (exact) mass is 446 g/mol. The molecule has 4 rings (SSSR count). The van der Waals surface area contributed by atoms with Crippen molar-refractivity contribution in [3.05, 3.63) is 57.6 Å². The van der Waals surface area contributed by atoms with Gasteiger partial charge in [-0.15, -0.1) is 0 Å². The highest BCUT2D eigenvalue weighted by atomic mass is 35.5. The molecule has 1 aliphatic carbocycles. The SMILES string of the molecule is O=C1CCc2cc(OCCC(=O)N3CCN(c4ccc(Cl)c(Cl)c4)CC3)ccc2C1. The van der Waals surface area contributed by atoms with Gasteiger partial charge in [-0.3, -0.25) is 9.59 Å². The molecule has 2 aliphatic rings. The number of hydrogen-bond donors (Lipinski definition) is 0. The number of Topliss-reactive ketones (excluding diaryl/α,β-unsaturated/α-hetero) is 1. The molecule has 0 radical (unpaired) electrons. The summed E-state index contributed by atoms with van der Waals surface area (Å²) >= 11 is 12.1. The summed E-state index contributed by atoms with van der Waals surface area (Å²) in [5, 5.41) is 1.08. The average molecular weight is 447 g/mol. The molecule has 30 heavy (non-hydrogen) atoms. The summed E-state index contributed by atoms with van der Waals surface area (Å²) in [6.45, 7) is 3.21. The molecule has 0 atom stereocenters. The Morgan fingerprint density at radius 3 is 2.50 bits per heavy atom. The van der Waals surface area contributed by atoms with Crippen molar-refractivity contribution in [1.82, 2.24) is 4.90 Å². The van der Waals surface area contributed by atoms with Crippen LogP contribution in [0.3, 0.4) is 0 Å². The molecule has 5 nitrogen and oxygen atoms in total. The number of benzene rings is 2. The zero-order valence-electron chi connectivity index (χ0n) is 16.7. The fraction of sp³-hybridized carbons (Fsp3) is 0.391. The lowest BCUT2D eigenvalue weighted by Crippen LogP contribution is -2.49. The van der Waals surface area contributed by atoms with Gasteiger partial charge in [0.15, 0.2) is 0 Å². The summed E-state index contributed by atoms with van der Waals surface area (Å²) in [7, 11) is 0. The standard InChI is InChI=1S/C23H24Cl2N2O3/c24-21-6-3-18(15-22(21)25)26-8-10-27(11-9-26)23(29)7-12-30-20-5-2-16-13-19(28)4-1-17(16)14-20/h2-3,5-6,14-15H,1,4,7-13H2. The van der Waals surface area contributed by atoms with E-state index in [9.17, 15) is 9.59 Å². The van der Waals surface area contributed by atoms with Gasteiger partial charge in [0.25, 0.3) is 0 Å². The molecule has 0 spiro atoms. The van der Waals surface area contributed by atoms with Crippen molar-refractivity contribution >= 4 is 40.6 Å². The van der Waals surface area contributed by atoms with Gasteiger partial charge in [0, 0.05) is 44.7 Å². The van der Waals surface area contributed by atoms with Crippen LogP contribution in [0.5, 0.6) is 5.75 Å². The van der Waals surface area contributed by atoms with Crippen molar-refractivity contribution in [3.8, 4) is 5.75 Å². The number of nitrogens with zero attached hydrogens (tertiary/aromatic N) is 2. The Kier molecular flexibility index (Phi) is 6.49. The molecule has 2 aromatic rings. The van der Waals surface area contributed by atoms with E-state index in [0.717, 1.165) is 36.5 Å². The first-order chi connectivity index (χ1) is 14.5. The van der Waals surface area contributed by atoms with Crippen LogP contribution in [0.4, 0.5) is 5.69 Å². The molecule has 0 bridgehead atoms. The second kappa shape index (κ2) is 9.27. The van der Waals surface area contributed by atoms with Gasteiger partial charge in [0.1, 0.15) is 11.5 Å². The zero-order chi connectivity index (χ0) is 21.1. The molecule has 1 saturated heterocycles. The number of fused-ring (bicyclic) bond motifs is 1. The van der Waals surface area contributed by atoms with E-state index in [4.69, 9.17) is 27.9 Å². The van der Waals surface area contributed by atoms with E-state index in [1.165, 1.54) is 5.56 Å². The number of piperazine rings is 1. The first kappa shape index (κ1) is 21.0. The van der Waals surface area contributed by atoms with Crippen molar-refractivity contribution < 1.29 is 14.3 Å². The Labute approximate surface area is 186 Å². The van der Waals surface area contributed by atoms with Crippen LogP contribution in [0.2, 0.25) is 10.0 Å². The molecule has 0 N–H and O–H groups in total. The molecule has 7 heteroatoms. The van der Waals surface area contributed by atoms with Crippen molar-refractivity contribution in [3.63, 3.8) is 0 Å². The largest absolute Gasteiger partial charge is 0.493 e. The number of carbonyl (C=O) groups is 2. The molecule has 0 saturated carbocycles. The van der Waals surface area contributed by atoms with Gasteiger partial charge in [-0.25, -0.2) is 0 Å². The molecule has 158 valence electrons. The lowest BCUT2D eigenvalue weighted by atomic mass is 9.91. The van der Waals surface area contributed by atoms with E-state index in [2.05, 4.69) is 4.90 Å². The van der Waals surface area contributed by atoms with Crippen LogP contribution in [0.1, 0.15) is 24.0 Å². The highest BCUT2D eigenvalue weighted by molar-refractivity contribution is 6.42. The second-order valence-electron chi connectivity index (χ2n) is 7.71. The number of amides is 1. The number of carbonyl (C=O) groups excluding carboxylic acids is 2. The smallest absolute Gasteiger partial charge is 0.226 e. The van der Waals surface area contributed by atoms with Crippen LogP contribution in [-0.2, 0) is 22.4 Å². The van der Waals surface area contributed by atoms with Crippen LogP contribution >= 0.6 is 23.2 Å². The fourth-order valence-electron chi connectivity index (χ4n) is 3.98. The van der Waals surface area contributed by atoms with Crippen molar-refractivity contribution in [1.29, 1.82) is 0 Å². The third-order valence-corrected chi connectivity index (χ3v) is 6.46. The molecule has 1 amide bonds. The predicted octanol–water partition coefficient (Wildman–Crippen LogP) is 4.17. The molecule has 1 fully saturated rings.